The van der Waals surface area contributed by atoms with E-state index in [1.165, 1.54) is 15.6 Å². The lowest BCUT2D eigenvalue weighted by atomic mass is 9.89. The zero-order valence-electron chi connectivity index (χ0n) is 25.7. The van der Waals surface area contributed by atoms with Crippen molar-refractivity contribution in [3.8, 4) is 10.6 Å². The van der Waals surface area contributed by atoms with Gasteiger partial charge in [-0.1, -0.05) is 19.0 Å². The Hall–Kier alpha value is -3.03. The van der Waals surface area contributed by atoms with Gasteiger partial charge >= 0.3 is 0 Å². The number of amides is 2. The van der Waals surface area contributed by atoms with Gasteiger partial charge < -0.3 is 14.7 Å². The Bertz CT molecular complexity index is 1590. The highest BCUT2D eigenvalue weighted by atomic mass is 32.2. The van der Waals surface area contributed by atoms with Crippen molar-refractivity contribution in [2.75, 3.05) is 26.2 Å². The van der Waals surface area contributed by atoms with Gasteiger partial charge in [0.15, 0.2) is 11.5 Å². The molecule has 1 aliphatic heterocycles. The molecule has 0 saturated carbocycles. The summed E-state index contributed by atoms with van der Waals surface area (Å²) in [4.78, 5) is 30.5. The molecule has 0 radical (unpaired) electrons. The third-order valence-corrected chi connectivity index (χ3v) is 11.6. The van der Waals surface area contributed by atoms with Gasteiger partial charge in [-0.3, -0.25) is 14.3 Å². The Morgan fingerprint density at radius 1 is 1.14 bits per heavy atom. The van der Waals surface area contributed by atoms with Gasteiger partial charge in [0.05, 0.1) is 15.5 Å². The Morgan fingerprint density at radius 3 is 2.63 bits per heavy atom. The fourth-order valence-corrected chi connectivity index (χ4v) is 9.06. The number of nitrogens with zero attached hydrogens (tertiary/aromatic N) is 5. The van der Waals surface area contributed by atoms with Crippen molar-refractivity contribution in [1.29, 1.82) is 0 Å². The average Bonchev–Trinajstić information content (AvgIpc) is 3.66. The monoisotopic (exact) mass is 630 g/mol. The maximum Gasteiger partial charge on any atom is 0.272 e. The Kier molecular flexibility index (Phi) is 9.43. The summed E-state index contributed by atoms with van der Waals surface area (Å²) in [6.45, 7) is 9.26. The van der Waals surface area contributed by atoms with Crippen molar-refractivity contribution in [2.45, 2.75) is 83.6 Å². The molecule has 3 aromatic heterocycles. The van der Waals surface area contributed by atoms with Crippen LogP contribution in [0.15, 0.2) is 21.6 Å². The molecule has 0 fully saturated rings. The van der Waals surface area contributed by atoms with E-state index in [4.69, 9.17) is 4.52 Å². The number of thiophene rings is 1. The number of carbonyl (C=O) groups is 2. The number of sulfonamides is 1. The molecule has 0 saturated heterocycles. The van der Waals surface area contributed by atoms with E-state index >= 15 is 0 Å². The summed E-state index contributed by atoms with van der Waals surface area (Å²) < 4.78 is 36.6. The molecular weight excluding hydrogens is 589 g/mol. The number of hydrogen-bond donors (Lipinski definition) is 1. The summed E-state index contributed by atoms with van der Waals surface area (Å²) in [7, 11) is -2.01. The van der Waals surface area contributed by atoms with Gasteiger partial charge in [0.2, 0.25) is 15.9 Å². The fraction of sp³-hybridized carbons (Fsp3) is 0.600. The molecule has 3 aromatic rings. The van der Waals surface area contributed by atoms with Crippen LogP contribution in [-0.2, 0) is 34.7 Å². The van der Waals surface area contributed by atoms with Crippen LogP contribution in [0.5, 0.6) is 0 Å². The van der Waals surface area contributed by atoms with Crippen LogP contribution in [0.25, 0.3) is 10.6 Å². The maximum atomic E-state index is 14.0. The van der Waals surface area contributed by atoms with Gasteiger partial charge in [-0.05, 0) is 64.4 Å². The molecule has 1 aliphatic carbocycles. The molecule has 4 heterocycles. The molecule has 5 rings (SSSR count). The molecule has 13 heteroatoms. The minimum absolute atomic E-state index is 0.0222. The first-order chi connectivity index (χ1) is 20.5. The van der Waals surface area contributed by atoms with Crippen molar-refractivity contribution in [3.63, 3.8) is 0 Å². The van der Waals surface area contributed by atoms with Crippen molar-refractivity contribution in [2.24, 2.45) is 13.0 Å². The van der Waals surface area contributed by atoms with Crippen molar-refractivity contribution in [3.05, 3.63) is 39.7 Å². The van der Waals surface area contributed by atoms with E-state index < -0.39 is 10.0 Å². The second-order valence-electron chi connectivity index (χ2n) is 12.0. The molecule has 1 N–H and O–H groups in total. The van der Waals surface area contributed by atoms with Gasteiger partial charge in [-0.25, -0.2) is 8.42 Å². The molecule has 43 heavy (non-hydrogen) atoms. The topological polar surface area (TPSA) is 131 Å². The third kappa shape index (κ3) is 6.73. The number of rotatable bonds is 6. The lowest BCUT2D eigenvalue weighted by molar-refractivity contribution is -0.134. The van der Waals surface area contributed by atoms with Gasteiger partial charge in [0, 0.05) is 67.9 Å². The number of aryl methyl sites for hydroxylation is 3. The first kappa shape index (κ1) is 31.4. The second-order valence-corrected chi connectivity index (χ2v) is 15.2. The van der Waals surface area contributed by atoms with Gasteiger partial charge in [-0.15, -0.1) is 11.3 Å². The quantitative estimate of drug-likeness (QED) is 0.434. The van der Waals surface area contributed by atoms with Crippen LogP contribution < -0.4 is 5.32 Å². The van der Waals surface area contributed by atoms with Crippen LogP contribution in [0.1, 0.15) is 78.3 Å². The molecule has 2 amide bonds. The summed E-state index contributed by atoms with van der Waals surface area (Å²) in [5.41, 5.74) is 3.09. The molecule has 0 spiro atoms. The smallest absolute Gasteiger partial charge is 0.272 e. The standard InChI is InChI=1S/C30H42N6O5S2/c1-19(2)11-15-36-22-9-10-24-23(17-22)29(32-34(24)5)30(38)31-12-7-14-35(13-6-8-28(36)37)43(39,40)27-18-26(42-21(27)4)25-16-20(3)33-41-25/h16,18-19,22H,6-15,17H2,1-5H3,(H,31,38). The van der Waals surface area contributed by atoms with E-state index in [1.54, 1.807) is 23.7 Å². The number of aromatic nitrogens is 3. The average molecular weight is 631 g/mol. The van der Waals surface area contributed by atoms with Gasteiger partial charge in [0.25, 0.3) is 5.91 Å². The minimum atomic E-state index is -3.88. The highest BCUT2D eigenvalue weighted by Gasteiger charge is 2.34. The van der Waals surface area contributed by atoms with Crippen LogP contribution in [0.4, 0.5) is 0 Å². The largest absolute Gasteiger partial charge is 0.355 e. The normalized spacial score (nSPS) is 19.4. The van der Waals surface area contributed by atoms with Gasteiger partial charge in [0.1, 0.15) is 0 Å². The van der Waals surface area contributed by atoms with E-state index in [0.29, 0.717) is 59.5 Å². The summed E-state index contributed by atoms with van der Waals surface area (Å²) in [5, 5.41) is 11.4. The summed E-state index contributed by atoms with van der Waals surface area (Å²) in [6.07, 6.45) is 4.13. The van der Waals surface area contributed by atoms with Crippen LogP contribution >= 0.6 is 11.3 Å². The second kappa shape index (κ2) is 12.9. The lowest BCUT2D eigenvalue weighted by Crippen LogP contribution is -2.45. The van der Waals surface area contributed by atoms with Crippen LogP contribution in [0, 0.1) is 19.8 Å². The third-order valence-electron chi connectivity index (χ3n) is 8.38. The maximum absolute atomic E-state index is 14.0. The Labute approximate surface area is 257 Å². The first-order valence-corrected chi connectivity index (χ1v) is 17.4. The van der Waals surface area contributed by atoms with E-state index in [2.05, 4.69) is 29.4 Å². The molecule has 1 unspecified atom stereocenters. The SMILES string of the molecule is Cc1cc(-c2cc(S(=O)(=O)N3CCCNC(=O)c4nn(C)c5c4CC(CC5)N(CCC(C)C)C(=O)CCC3)c(C)s2)on1. The van der Waals surface area contributed by atoms with Crippen LogP contribution in [0.3, 0.4) is 0 Å². The molecule has 2 aliphatic rings. The van der Waals surface area contributed by atoms with E-state index in [1.807, 2.05) is 18.9 Å². The number of carbonyl (C=O) groups excluding carboxylic acids is 2. The van der Waals surface area contributed by atoms with E-state index in [0.717, 1.165) is 36.2 Å². The molecule has 11 nitrogen and oxygen atoms in total. The summed E-state index contributed by atoms with van der Waals surface area (Å²) in [5.74, 6) is 0.736. The zero-order chi connectivity index (χ0) is 30.9. The van der Waals surface area contributed by atoms with E-state index in [-0.39, 0.29) is 42.3 Å². The Morgan fingerprint density at radius 2 is 1.91 bits per heavy atom. The van der Waals surface area contributed by atoms with Gasteiger partial charge in [-0.2, -0.15) is 9.40 Å². The zero-order valence-corrected chi connectivity index (χ0v) is 27.3. The predicted octanol–water partition coefficient (Wildman–Crippen LogP) is 4.09. The lowest BCUT2D eigenvalue weighted by Gasteiger charge is -2.35. The molecule has 234 valence electrons. The highest BCUT2D eigenvalue weighted by Crippen LogP contribution is 2.35. The van der Waals surface area contributed by atoms with E-state index in [9.17, 15) is 18.0 Å². The first-order valence-electron chi connectivity index (χ1n) is 15.1. The van der Waals surface area contributed by atoms with Crippen molar-refractivity contribution in [1.82, 2.24) is 29.5 Å². The number of nitrogens with one attached hydrogen (secondary N) is 1. The van der Waals surface area contributed by atoms with Crippen molar-refractivity contribution < 1.29 is 22.5 Å². The summed E-state index contributed by atoms with van der Waals surface area (Å²) >= 11 is 1.35. The summed E-state index contributed by atoms with van der Waals surface area (Å²) in [6, 6.07) is 3.41. The van der Waals surface area contributed by atoms with Crippen molar-refractivity contribution >= 4 is 33.2 Å². The minimum Gasteiger partial charge on any atom is -0.355 e. The number of fused-ring (bicyclic) bond motifs is 1. The molecule has 0 aromatic carbocycles. The van der Waals surface area contributed by atoms with Crippen LogP contribution in [-0.4, -0.2) is 76.6 Å². The number of hydrogen-bond acceptors (Lipinski definition) is 8. The molecule has 2 bridgehead atoms. The highest BCUT2D eigenvalue weighted by molar-refractivity contribution is 7.89. The molecule has 1 atom stereocenters. The van der Waals surface area contributed by atoms with Crippen LogP contribution in [0.2, 0.25) is 0 Å². The Balaban J connectivity index is 1.42. The fourth-order valence-electron chi connectivity index (χ4n) is 6.03. The predicted molar refractivity (Wildman–Crippen MR) is 164 cm³/mol. The molecular formula is C30H42N6O5S2.